The van der Waals surface area contributed by atoms with Crippen molar-refractivity contribution in [2.45, 2.75) is 33.2 Å². The zero-order valence-electron chi connectivity index (χ0n) is 12.5. The molecule has 0 saturated carbocycles. The highest BCUT2D eigenvalue weighted by Crippen LogP contribution is 2.18. The van der Waals surface area contributed by atoms with Crippen LogP contribution in [0.25, 0.3) is 0 Å². The van der Waals surface area contributed by atoms with Crippen LogP contribution in [-0.4, -0.2) is 42.8 Å². The standard InChI is InChI=1S/C16H28N2O/c1-4-17-16(9-10-18(5-2)11-12-19)15-8-6-7-14(3)13-15/h6-8,13,16-17,19H,4-5,9-12H2,1-3H3. The van der Waals surface area contributed by atoms with E-state index in [2.05, 4.69) is 55.3 Å². The first-order chi connectivity index (χ1) is 9.21. The highest BCUT2D eigenvalue weighted by atomic mass is 16.3. The van der Waals surface area contributed by atoms with E-state index in [4.69, 9.17) is 5.11 Å². The zero-order chi connectivity index (χ0) is 14.1. The smallest absolute Gasteiger partial charge is 0.0558 e. The third-order valence-corrected chi connectivity index (χ3v) is 3.49. The van der Waals surface area contributed by atoms with Crippen LogP contribution < -0.4 is 5.32 Å². The molecule has 1 aromatic rings. The van der Waals surface area contributed by atoms with Crippen molar-refractivity contribution in [3.05, 3.63) is 35.4 Å². The second-order valence-corrected chi connectivity index (χ2v) is 4.97. The first kappa shape index (κ1) is 16.2. The molecule has 0 bridgehead atoms. The highest BCUT2D eigenvalue weighted by molar-refractivity contribution is 5.25. The molecule has 0 aliphatic carbocycles. The number of nitrogens with zero attached hydrogens (tertiary/aromatic N) is 1. The number of benzene rings is 1. The fraction of sp³-hybridized carbons (Fsp3) is 0.625. The molecular weight excluding hydrogens is 236 g/mol. The molecule has 3 heteroatoms. The topological polar surface area (TPSA) is 35.5 Å². The summed E-state index contributed by atoms with van der Waals surface area (Å²) in [4.78, 5) is 2.29. The Bertz CT molecular complexity index is 354. The fourth-order valence-corrected chi connectivity index (χ4v) is 2.40. The molecule has 0 amide bonds. The summed E-state index contributed by atoms with van der Waals surface area (Å²) in [7, 11) is 0. The van der Waals surface area contributed by atoms with E-state index in [1.54, 1.807) is 0 Å². The molecule has 3 nitrogen and oxygen atoms in total. The van der Waals surface area contributed by atoms with Gasteiger partial charge in [-0.25, -0.2) is 0 Å². The van der Waals surface area contributed by atoms with Crippen LogP contribution in [0, 0.1) is 6.92 Å². The molecule has 0 radical (unpaired) electrons. The number of aliphatic hydroxyl groups excluding tert-OH is 1. The van der Waals surface area contributed by atoms with Gasteiger partial charge < -0.3 is 15.3 Å². The Balaban J connectivity index is 2.62. The molecule has 1 atom stereocenters. The molecule has 0 fully saturated rings. The normalized spacial score (nSPS) is 12.9. The van der Waals surface area contributed by atoms with E-state index in [1.165, 1.54) is 11.1 Å². The summed E-state index contributed by atoms with van der Waals surface area (Å²) < 4.78 is 0. The van der Waals surface area contributed by atoms with Gasteiger partial charge in [0.05, 0.1) is 6.61 Å². The summed E-state index contributed by atoms with van der Waals surface area (Å²) >= 11 is 0. The van der Waals surface area contributed by atoms with Crippen LogP contribution in [0.4, 0.5) is 0 Å². The van der Waals surface area contributed by atoms with Crippen molar-refractivity contribution < 1.29 is 5.11 Å². The molecule has 1 unspecified atom stereocenters. The molecule has 108 valence electrons. The van der Waals surface area contributed by atoms with Crippen molar-refractivity contribution in [3.8, 4) is 0 Å². The van der Waals surface area contributed by atoms with Crippen LogP contribution in [0.3, 0.4) is 0 Å². The minimum atomic E-state index is 0.240. The molecule has 19 heavy (non-hydrogen) atoms. The van der Waals surface area contributed by atoms with Crippen LogP contribution in [0.2, 0.25) is 0 Å². The van der Waals surface area contributed by atoms with Crippen molar-refractivity contribution in [3.63, 3.8) is 0 Å². The molecule has 0 spiro atoms. The van der Waals surface area contributed by atoms with Gasteiger partial charge in [-0.3, -0.25) is 0 Å². The maximum absolute atomic E-state index is 9.03. The molecule has 0 aliphatic heterocycles. The van der Waals surface area contributed by atoms with Gasteiger partial charge in [-0.1, -0.05) is 43.7 Å². The molecule has 0 saturated heterocycles. The van der Waals surface area contributed by atoms with Gasteiger partial charge >= 0.3 is 0 Å². The summed E-state index contributed by atoms with van der Waals surface area (Å²) in [5.74, 6) is 0. The van der Waals surface area contributed by atoms with Crippen molar-refractivity contribution in [2.24, 2.45) is 0 Å². The summed E-state index contributed by atoms with van der Waals surface area (Å²) in [5.41, 5.74) is 2.67. The first-order valence-corrected chi connectivity index (χ1v) is 7.34. The maximum atomic E-state index is 9.03. The van der Waals surface area contributed by atoms with E-state index in [1.807, 2.05) is 0 Å². The quantitative estimate of drug-likeness (QED) is 0.718. The van der Waals surface area contributed by atoms with Gasteiger partial charge in [0.25, 0.3) is 0 Å². The number of hydrogen-bond acceptors (Lipinski definition) is 3. The number of likely N-dealkylation sites (N-methyl/N-ethyl adjacent to an activating group) is 1. The van der Waals surface area contributed by atoms with Crippen LogP contribution in [0.15, 0.2) is 24.3 Å². The number of nitrogens with one attached hydrogen (secondary N) is 1. The van der Waals surface area contributed by atoms with E-state index in [0.717, 1.165) is 32.6 Å². The largest absolute Gasteiger partial charge is 0.395 e. The van der Waals surface area contributed by atoms with Crippen molar-refractivity contribution >= 4 is 0 Å². The predicted octanol–water partition coefficient (Wildman–Crippen LogP) is 2.35. The predicted molar refractivity (Wildman–Crippen MR) is 81.4 cm³/mol. The lowest BCUT2D eigenvalue weighted by atomic mass is 10.0. The molecule has 1 rings (SSSR count). The molecule has 2 N–H and O–H groups in total. The number of aryl methyl sites for hydroxylation is 1. The zero-order valence-corrected chi connectivity index (χ0v) is 12.5. The summed E-state index contributed by atoms with van der Waals surface area (Å²) in [6, 6.07) is 9.12. The van der Waals surface area contributed by atoms with Crippen molar-refractivity contribution in [1.29, 1.82) is 0 Å². The average Bonchev–Trinajstić information content (AvgIpc) is 2.42. The van der Waals surface area contributed by atoms with Gasteiger partial charge in [0.2, 0.25) is 0 Å². The lowest BCUT2D eigenvalue weighted by Gasteiger charge is -2.24. The molecular formula is C16H28N2O. The molecule has 1 aromatic carbocycles. The van der Waals surface area contributed by atoms with E-state index in [9.17, 15) is 0 Å². The second kappa shape index (κ2) is 9.08. The summed E-state index contributed by atoms with van der Waals surface area (Å²) in [6.45, 7) is 10.4. The van der Waals surface area contributed by atoms with Gasteiger partial charge in [0, 0.05) is 19.1 Å². The Morgan fingerprint density at radius 1 is 1.26 bits per heavy atom. The molecule has 0 heterocycles. The summed E-state index contributed by atoms with van der Waals surface area (Å²) in [5, 5.41) is 12.6. The third kappa shape index (κ3) is 5.72. The van der Waals surface area contributed by atoms with E-state index >= 15 is 0 Å². The minimum Gasteiger partial charge on any atom is -0.395 e. The Morgan fingerprint density at radius 2 is 2.05 bits per heavy atom. The molecule has 0 aromatic heterocycles. The first-order valence-electron chi connectivity index (χ1n) is 7.34. The van der Waals surface area contributed by atoms with Gasteiger partial charge in [-0.15, -0.1) is 0 Å². The Labute approximate surface area is 117 Å². The molecule has 0 aliphatic rings. The van der Waals surface area contributed by atoms with Crippen LogP contribution in [-0.2, 0) is 0 Å². The maximum Gasteiger partial charge on any atom is 0.0558 e. The Morgan fingerprint density at radius 3 is 2.63 bits per heavy atom. The lowest BCUT2D eigenvalue weighted by Crippen LogP contribution is -2.31. The van der Waals surface area contributed by atoms with Gasteiger partial charge in [-0.05, 0) is 32.0 Å². The van der Waals surface area contributed by atoms with Gasteiger partial charge in [-0.2, -0.15) is 0 Å². The van der Waals surface area contributed by atoms with Gasteiger partial charge in [0.1, 0.15) is 0 Å². The fourth-order valence-electron chi connectivity index (χ4n) is 2.40. The monoisotopic (exact) mass is 264 g/mol. The van der Waals surface area contributed by atoms with E-state index in [-0.39, 0.29) is 6.61 Å². The minimum absolute atomic E-state index is 0.240. The highest BCUT2D eigenvalue weighted by Gasteiger charge is 2.12. The Hall–Kier alpha value is -0.900. The van der Waals surface area contributed by atoms with Crippen LogP contribution >= 0.6 is 0 Å². The van der Waals surface area contributed by atoms with Gasteiger partial charge in [0.15, 0.2) is 0 Å². The third-order valence-electron chi connectivity index (χ3n) is 3.49. The SMILES string of the molecule is CCNC(CCN(CC)CCO)c1cccc(C)c1. The van der Waals surface area contributed by atoms with Crippen LogP contribution in [0.1, 0.15) is 37.4 Å². The average molecular weight is 264 g/mol. The summed E-state index contributed by atoms with van der Waals surface area (Å²) in [6.07, 6.45) is 1.07. The number of hydrogen-bond donors (Lipinski definition) is 2. The number of rotatable bonds is 9. The second-order valence-electron chi connectivity index (χ2n) is 4.97. The number of aliphatic hydroxyl groups is 1. The lowest BCUT2D eigenvalue weighted by molar-refractivity contribution is 0.195. The van der Waals surface area contributed by atoms with Crippen LogP contribution in [0.5, 0.6) is 0 Å². The van der Waals surface area contributed by atoms with E-state index in [0.29, 0.717) is 6.04 Å². The van der Waals surface area contributed by atoms with Crippen molar-refractivity contribution in [1.82, 2.24) is 10.2 Å². The Kier molecular flexibility index (Phi) is 7.72. The van der Waals surface area contributed by atoms with E-state index < -0.39 is 0 Å². The van der Waals surface area contributed by atoms with Crippen molar-refractivity contribution in [2.75, 3.05) is 32.8 Å².